The van der Waals surface area contributed by atoms with E-state index in [1.807, 2.05) is 0 Å². The monoisotopic (exact) mass is 122 g/mol. The molecule has 0 unspecified atom stereocenters. The van der Waals surface area contributed by atoms with Gasteiger partial charge in [-0.1, -0.05) is 0 Å². The van der Waals surface area contributed by atoms with Crippen LogP contribution in [0, 0.1) is 0 Å². The maximum Gasteiger partial charge on any atom is 0.0887 e. The minimum Gasteiger partial charge on any atom is -0.516 e. The summed E-state index contributed by atoms with van der Waals surface area (Å²) >= 11 is 0. The summed E-state index contributed by atoms with van der Waals surface area (Å²) in [6, 6.07) is 3.50. The average Bonchev–Trinajstić information content (AvgIpc) is 1.91. The zero-order valence-corrected chi connectivity index (χ0v) is 4.73. The molecule has 3 nitrogen and oxygen atoms in total. The molecule has 1 aromatic heterocycles. The Labute approximate surface area is 52.7 Å². The predicted molar refractivity (Wildman–Crippen MR) is 33.7 cm³/mol. The van der Waals surface area contributed by atoms with E-state index in [-0.39, 0.29) is 0 Å². The molecule has 0 saturated heterocycles. The first kappa shape index (κ1) is 5.75. The average molecular weight is 122 g/mol. The number of aliphatic hydroxyl groups is 1. The fourth-order valence-electron chi connectivity index (χ4n) is 0.479. The Morgan fingerprint density at radius 2 is 2.44 bits per heavy atom. The van der Waals surface area contributed by atoms with Crippen molar-refractivity contribution in [3.8, 4) is 0 Å². The van der Waals surface area contributed by atoms with Crippen molar-refractivity contribution in [1.82, 2.24) is 10.2 Å². The quantitative estimate of drug-likeness (QED) is 0.565. The van der Waals surface area contributed by atoms with E-state index in [0.29, 0.717) is 5.69 Å². The molecular formula is C6H6N2O. The summed E-state index contributed by atoms with van der Waals surface area (Å²) in [6.45, 7) is 0. The standard InChI is InChI=1S/C6H6N2O/c9-5-3-6-2-1-4-7-8-6/h1-5,9H/b5-3+. The van der Waals surface area contributed by atoms with E-state index in [4.69, 9.17) is 5.11 Å². The van der Waals surface area contributed by atoms with E-state index in [1.54, 1.807) is 18.3 Å². The highest BCUT2D eigenvalue weighted by Gasteiger charge is 1.81. The van der Waals surface area contributed by atoms with Crippen molar-refractivity contribution in [2.45, 2.75) is 0 Å². The van der Waals surface area contributed by atoms with E-state index in [1.165, 1.54) is 6.08 Å². The molecule has 1 aromatic rings. The number of hydrogen-bond donors (Lipinski definition) is 1. The summed E-state index contributed by atoms with van der Waals surface area (Å²) in [5, 5.41) is 15.5. The van der Waals surface area contributed by atoms with Crippen molar-refractivity contribution in [1.29, 1.82) is 0 Å². The second-order valence-corrected chi connectivity index (χ2v) is 1.46. The van der Waals surface area contributed by atoms with Crippen LogP contribution in [0.15, 0.2) is 24.6 Å². The zero-order valence-electron chi connectivity index (χ0n) is 4.73. The fourth-order valence-corrected chi connectivity index (χ4v) is 0.479. The summed E-state index contributed by atoms with van der Waals surface area (Å²) in [5.41, 5.74) is 0.653. The van der Waals surface area contributed by atoms with Crippen molar-refractivity contribution in [2.75, 3.05) is 0 Å². The van der Waals surface area contributed by atoms with Crippen LogP contribution in [0.2, 0.25) is 0 Å². The summed E-state index contributed by atoms with van der Waals surface area (Å²) in [4.78, 5) is 0. The molecule has 0 amide bonds. The lowest BCUT2D eigenvalue weighted by molar-refractivity contribution is 0.478. The summed E-state index contributed by atoms with van der Waals surface area (Å²) in [5.74, 6) is 0. The van der Waals surface area contributed by atoms with Gasteiger partial charge in [0.25, 0.3) is 0 Å². The number of aliphatic hydroxyl groups excluding tert-OH is 1. The first-order valence-corrected chi connectivity index (χ1v) is 2.52. The molecule has 0 aliphatic heterocycles. The highest BCUT2D eigenvalue weighted by atomic mass is 16.2. The maximum absolute atomic E-state index is 8.27. The van der Waals surface area contributed by atoms with Gasteiger partial charge in [0.2, 0.25) is 0 Å². The molecule has 3 heteroatoms. The van der Waals surface area contributed by atoms with Gasteiger partial charge in [-0.15, -0.1) is 0 Å². The third-order valence-corrected chi connectivity index (χ3v) is 0.838. The first-order chi connectivity index (χ1) is 4.43. The van der Waals surface area contributed by atoms with E-state index in [0.717, 1.165) is 6.26 Å². The Kier molecular flexibility index (Phi) is 1.80. The smallest absolute Gasteiger partial charge is 0.0887 e. The molecule has 0 atom stereocenters. The van der Waals surface area contributed by atoms with Gasteiger partial charge in [0.1, 0.15) is 0 Å². The van der Waals surface area contributed by atoms with Gasteiger partial charge in [-0.2, -0.15) is 10.2 Å². The Morgan fingerprint density at radius 1 is 1.56 bits per heavy atom. The van der Waals surface area contributed by atoms with E-state index < -0.39 is 0 Å². The second kappa shape index (κ2) is 2.81. The SMILES string of the molecule is O/C=C/c1cccnn1. The minimum atomic E-state index is 0.653. The van der Waals surface area contributed by atoms with Gasteiger partial charge in [0.05, 0.1) is 12.0 Å². The van der Waals surface area contributed by atoms with Crippen LogP contribution >= 0.6 is 0 Å². The van der Waals surface area contributed by atoms with Crippen LogP contribution in [-0.4, -0.2) is 15.3 Å². The molecule has 0 aliphatic carbocycles. The molecule has 46 valence electrons. The molecule has 0 spiro atoms. The largest absolute Gasteiger partial charge is 0.516 e. The molecule has 9 heavy (non-hydrogen) atoms. The lowest BCUT2D eigenvalue weighted by atomic mass is 10.4. The van der Waals surface area contributed by atoms with Crippen LogP contribution in [0.3, 0.4) is 0 Å². The highest BCUT2D eigenvalue weighted by Crippen LogP contribution is 1.91. The molecule has 1 heterocycles. The molecule has 0 aromatic carbocycles. The van der Waals surface area contributed by atoms with Crippen LogP contribution in [-0.2, 0) is 0 Å². The number of hydrogen-bond acceptors (Lipinski definition) is 3. The maximum atomic E-state index is 8.27. The van der Waals surface area contributed by atoms with Crippen molar-refractivity contribution >= 4 is 6.08 Å². The lowest BCUT2D eigenvalue weighted by Crippen LogP contribution is -1.81. The minimum absolute atomic E-state index is 0.653. The first-order valence-electron chi connectivity index (χ1n) is 2.52. The molecule has 0 aliphatic rings. The predicted octanol–water partition coefficient (Wildman–Crippen LogP) is 1.01. The van der Waals surface area contributed by atoms with Crippen LogP contribution < -0.4 is 0 Å². The third kappa shape index (κ3) is 1.53. The second-order valence-electron chi connectivity index (χ2n) is 1.46. The van der Waals surface area contributed by atoms with Gasteiger partial charge in [0, 0.05) is 6.20 Å². The van der Waals surface area contributed by atoms with Crippen molar-refractivity contribution < 1.29 is 5.11 Å². The molecule has 0 fully saturated rings. The van der Waals surface area contributed by atoms with Crippen LogP contribution in [0.25, 0.3) is 6.08 Å². The van der Waals surface area contributed by atoms with Gasteiger partial charge in [-0.25, -0.2) is 0 Å². The van der Waals surface area contributed by atoms with Crippen LogP contribution in [0.1, 0.15) is 5.69 Å². The van der Waals surface area contributed by atoms with E-state index in [9.17, 15) is 0 Å². The molecule has 1 N–H and O–H groups in total. The number of aromatic nitrogens is 2. The van der Waals surface area contributed by atoms with Crippen molar-refractivity contribution in [2.24, 2.45) is 0 Å². The molecule has 0 bridgehead atoms. The number of nitrogens with zero attached hydrogens (tertiary/aromatic N) is 2. The van der Waals surface area contributed by atoms with E-state index >= 15 is 0 Å². The molecular weight excluding hydrogens is 116 g/mol. The Bertz CT molecular complexity index is 195. The van der Waals surface area contributed by atoms with Gasteiger partial charge in [-0.05, 0) is 18.2 Å². The van der Waals surface area contributed by atoms with Gasteiger partial charge in [0.15, 0.2) is 0 Å². The normalized spacial score (nSPS) is 10.2. The fraction of sp³-hybridized carbons (Fsp3) is 0. The lowest BCUT2D eigenvalue weighted by Gasteiger charge is -1.84. The van der Waals surface area contributed by atoms with Gasteiger partial charge in [-0.3, -0.25) is 0 Å². The molecule has 1 rings (SSSR count). The van der Waals surface area contributed by atoms with Crippen LogP contribution in [0.5, 0.6) is 0 Å². The van der Waals surface area contributed by atoms with Crippen molar-refractivity contribution in [3.05, 3.63) is 30.3 Å². The van der Waals surface area contributed by atoms with Crippen LogP contribution in [0.4, 0.5) is 0 Å². The Balaban J connectivity index is 2.85. The zero-order chi connectivity index (χ0) is 6.53. The summed E-state index contributed by atoms with van der Waals surface area (Å²) < 4.78 is 0. The van der Waals surface area contributed by atoms with Crippen molar-refractivity contribution in [3.63, 3.8) is 0 Å². The van der Waals surface area contributed by atoms with Gasteiger partial charge >= 0.3 is 0 Å². The Morgan fingerprint density at radius 3 is 3.00 bits per heavy atom. The van der Waals surface area contributed by atoms with E-state index in [2.05, 4.69) is 10.2 Å². The number of rotatable bonds is 1. The Hall–Kier alpha value is -1.38. The molecule has 0 saturated carbocycles. The topological polar surface area (TPSA) is 46.0 Å². The summed E-state index contributed by atoms with van der Waals surface area (Å²) in [7, 11) is 0. The van der Waals surface area contributed by atoms with Gasteiger partial charge < -0.3 is 5.11 Å². The summed E-state index contributed by atoms with van der Waals surface area (Å²) in [6.07, 6.45) is 3.98. The highest BCUT2D eigenvalue weighted by molar-refractivity contribution is 5.40. The molecule has 0 radical (unpaired) electrons. The third-order valence-electron chi connectivity index (χ3n) is 0.838.